The van der Waals surface area contributed by atoms with Gasteiger partial charge in [-0.05, 0) is 44.0 Å². The molecule has 20 heavy (non-hydrogen) atoms. The van der Waals surface area contributed by atoms with Crippen molar-refractivity contribution in [3.8, 4) is 11.5 Å². The summed E-state index contributed by atoms with van der Waals surface area (Å²) in [6, 6.07) is 5.05. The minimum absolute atomic E-state index is 0.147. The first-order chi connectivity index (χ1) is 9.62. The van der Waals surface area contributed by atoms with Crippen molar-refractivity contribution < 1.29 is 17.9 Å². The quantitative estimate of drug-likeness (QED) is 0.872. The average molecular weight is 298 g/mol. The van der Waals surface area contributed by atoms with Crippen molar-refractivity contribution in [1.82, 2.24) is 5.32 Å². The largest absolute Gasteiger partial charge is 0.454 e. The number of fused-ring (bicyclic) bond motifs is 1. The van der Waals surface area contributed by atoms with Gasteiger partial charge in [0.1, 0.15) is 0 Å². The van der Waals surface area contributed by atoms with Crippen LogP contribution in [0.1, 0.15) is 12.8 Å². The number of anilines is 1. The van der Waals surface area contributed by atoms with Gasteiger partial charge in [0, 0.05) is 6.07 Å². The second-order valence-electron chi connectivity index (χ2n) is 5.16. The van der Waals surface area contributed by atoms with Gasteiger partial charge < -0.3 is 14.8 Å². The number of sulfonamides is 1. The Bertz CT molecular complexity index is 582. The second-order valence-corrected chi connectivity index (χ2v) is 6.93. The Labute approximate surface area is 118 Å². The standard InChI is InChI=1S/C13H18N2O4S/c16-20(17,8-10-2-1-5-14-7-10)15-11-3-4-12-13(6-11)19-9-18-12/h3-4,6,10,14-15H,1-2,5,7-9H2. The number of hydrogen-bond acceptors (Lipinski definition) is 5. The van der Waals surface area contributed by atoms with Gasteiger partial charge in [-0.15, -0.1) is 0 Å². The molecule has 1 atom stereocenters. The van der Waals surface area contributed by atoms with E-state index < -0.39 is 10.0 Å². The third-order valence-electron chi connectivity index (χ3n) is 3.50. The van der Waals surface area contributed by atoms with Crippen LogP contribution in [0.3, 0.4) is 0 Å². The van der Waals surface area contributed by atoms with E-state index in [0.29, 0.717) is 17.2 Å². The number of rotatable bonds is 4. The molecule has 0 aliphatic carbocycles. The number of piperidine rings is 1. The minimum Gasteiger partial charge on any atom is -0.454 e. The zero-order valence-electron chi connectivity index (χ0n) is 11.1. The van der Waals surface area contributed by atoms with Crippen LogP contribution in [0.5, 0.6) is 11.5 Å². The van der Waals surface area contributed by atoms with Gasteiger partial charge in [-0.1, -0.05) is 0 Å². The van der Waals surface area contributed by atoms with E-state index in [9.17, 15) is 8.42 Å². The van der Waals surface area contributed by atoms with Crippen molar-refractivity contribution >= 4 is 15.7 Å². The Kier molecular flexibility index (Phi) is 3.71. The molecule has 0 spiro atoms. The van der Waals surface area contributed by atoms with Gasteiger partial charge in [0.25, 0.3) is 0 Å². The average Bonchev–Trinajstić information content (AvgIpc) is 2.86. The molecule has 1 fully saturated rings. The monoisotopic (exact) mass is 298 g/mol. The van der Waals surface area contributed by atoms with Gasteiger partial charge in [-0.3, -0.25) is 4.72 Å². The summed E-state index contributed by atoms with van der Waals surface area (Å²) in [6.45, 7) is 1.92. The maximum Gasteiger partial charge on any atom is 0.233 e. The first-order valence-corrected chi connectivity index (χ1v) is 8.38. The normalized spacial score (nSPS) is 21.7. The number of benzene rings is 1. The highest BCUT2D eigenvalue weighted by molar-refractivity contribution is 7.92. The molecule has 0 amide bonds. The fraction of sp³-hybridized carbons (Fsp3) is 0.538. The highest BCUT2D eigenvalue weighted by atomic mass is 32.2. The molecule has 3 rings (SSSR count). The van der Waals surface area contributed by atoms with Crippen LogP contribution in [0.2, 0.25) is 0 Å². The van der Waals surface area contributed by atoms with Crippen molar-refractivity contribution in [2.24, 2.45) is 5.92 Å². The van der Waals surface area contributed by atoms with E-state index in [0.717, 1.165) is 25.9 Å². The fourth-order valence-electron chi connectivity index (χ4n) is 2.56. The Morgan fingerprint density at radius 2 is 2.15 bits per heavy atom. The molecule has 6 nitrogen and oxygen atoms in total. The molecular weight excluding hydrogens is 280 g/mol. The minimum atomic E-state index is -3.34. The highest BCUT2D eigenvalue weighted by Crippen LogP contribution is 2.34. The van der Waals surface area contributed by atoms with Crippen molar-refractivity contribution in [1.29, 1.82) is 0 Å². The van der Waals surface area contributed by atoms with Crippen LogP contribution >= 0.6 is 0 Å². The lowest BCUT2D eigenvalue weighted by Gasteiger charge is -2.22. The first-order valence-electron chi connectivity index (χ1n) is 6.73. The lowest BCUT2D eigenvalue weighted by molar-refractivity contribution is 0.174. The summed E-state index contributed by atoms with van der Waals surface area (Å²) >= 11 is 0. The van der Waals surface area contributed by atoms with Gasteiger partial charge in [0.2, 0.25) is 16.8 Å². The predicted octanol–water partition coefficient (Wildman–Crippen LogP) is 1.16. The van der Waals surface area contributed by atoms with Gasteiger partial charge in [-0.2, -0.15) is 0 Å². The third kappa shape index (κ3) is 3.16. The summed E-state index contributed by atoms with van der Waals surface area (Å²) < 4.78 is 37.4. The molecule has 1 saturated heterocycles. The van der Waals surface area contributed by atoms with Gasteiger partial charge in [0.05, 0.1) is 11.4 Å². The zero-order chi connectivity index (χ0) is 14.0. The van der Waals surface area contributed by atoms with Gasteiger partial charge >= 0.3 is 0 Å². The highest BCUT2D eigenvalue weighted by Gasteiger charge is 2.22. The molecule has 0 radical (unpaired) electrons. The fourth-order valence-corrected chi connectivity index (χ4v) is 4.03. The number of ether oxygens (including phenoxy) is 2. The Balaban J connectivity index is 1.66. The van der Waals surface area contributed by atoms with Crippen molar-refractivity contribution in [3.05, 3.63) is 18.2 Å². The molecule has 2 aliphatic heterocycles. The van der Waals surface area contributed by atoms with Crippen LogP contribution in [0.25, 0.3) is 0 Å². The molecule has 2 heterocycles. The molecule has 2 N–H and O–H groups in total. The maximum absolute atomic E-state index is 12.2. The lowest BCUT2D eigenvalue weighted by Crippen LogP contribution is -2.35. The summed E-state index contributed by atoms with van der Waals surface area (Å²) in [6.07, 6.45) is 1.99. The van der Waals surface area contributed by atoms with E-state index in [-0.39, 0.29) is 18.5 Å². The van der Waals surface area contributed by atoms with E-state index in [1.807, 2.05) is 0 Å². The van der Waals surface area contributed by atoms with E-state index in [2.05, 4.69) is 10.0 Å². The molecule has 0 bridgehead atoms. The molecule has 1 aromatic carbocycles. The Morgan fingerprint density at radius 1 is 1.30 bits per heavy atom. The molecule has 0 aromatic heterocycles. The predicted molar refractivity (Wildman–Crippen MR) is 75.6 cm³/mol. The Morgan fingerprint density at radius 3 is 2.95 bits per heavy atom. The third-order valence-corrected chi connectivity index (χ3v) is 4.96. The molecule has 7 heteroatoms. The van der Waals surface area contributed by atoms with E-state index >= 15 is 0 Å². The molecular formula is C13H18N2O4S. The lowest BCUT2D eigenvalue weighted by atomic mass is 10.0. The smallest absolute Gasteiger partial charge is 0.233 e. The SMILES string of the molecule is O=S(=O)(CC1CCCNC1)Nc1ccc2c(c1)OCO2. The first kappa shape index (κ1) is 13.5. The second kappa shape index (κ2) is 5.49. The molecule has 0 saturated carbocycles. The van der Waals surface area contributed by atoms with E-state index in [1.54, 1.807) is 18.2 Å². The molecule has 1 unspecified atom stereocenters. The summed E-state index contributed by atoms with van der Waals surface area (Å²) in [4.78, 5) is 0. The zero-order valence-corrected chi connectivity index (χ0v) is 11.9. The van der Waals surface area contributed by atoms with Crippen LogP contribution in [0.15, 0.2) is 18.2 Å². The number of nitrogens with one attached hydrogen (secondary N) is 2. The van der Waals surface area contributed by atoms with E-state index in [4.69, 9.17) is 9.47 Å². The van der Waals surface area contributed by atoms with Crippen molar-refractivity contribution in [2.45, 2.75) is 12.8 Å². The molecule has 2 aliphatic rings. The van der Waals surface area contributed by atoms with Crippen LogP contribution < -0.4 is 19.5 Å². The van der Waals surface area contributed by atoms with Gasteiger partial charge in [-0.25, -0.2) is 8.42 Å². The summed E-state index contributed by atoms with van der Waals surface area (Å²) in [7, 11) is -3.34. The Hall–Kier alpha value is -1.47. The van der Waals surface area contributed by atoms with Gasteiger partial charge in [0.15, 0.2) is 11.5 Å². The van der Waals surface area contributed by atoms with Crippen molar-refractivity contribution in [3.63, 3.8) is 0 Å². The summed E-state index contributed by atoms with van der Waals surface area (Å²) in [5.41, 5.74) is 0.512. The topological polar surface area (TPSA) is 76.7 Å². The maximum atomic E-state index is 12.2. The van der Waals surface area contributed by atoms with Crippen LogP contribution in [0, 0.1) is 5.92 Å². The van der Waals surface area contributed by atoms with Crippen LogP contribution in [-0.2, 0) is 10.0 Å². The van der Waals surface area contributed by atoms with Crippen LogP contribution in [-0.4, -0.2) is 34.1 Å². The summed E-state index contributed by atoms with van der Waals surface area (Å²) in [5.74, 6) is 1.54. The van der Waals surface area contributed by atoms with Crippen LogP contribution in [0.4, 0.5) is 5.69 Å². The van der Waals surface area contributed by atoms with Crippen molar-refractivity contribution in [2.75, 3.05) is 30.4 Å². The van der Waals surface area contributed by atoms with E-state index in [1.165, 1.54) is 0 Å². The summed E-state index contributed by atoms with van der Waals surface area (Å²) in [5, 5.41) is 3.23. The molecule has 1 aromatic rings. The number of hydrogen-bond donors (Lipinski definition) is 2. The molecule has 110 valence electrons.